The number of nitrogens with zero attached hydrogens (tertiary/aromatic N) is 1. The first kappa shape index (κ1) is 18.8. The second kappa shape index (κ2) is 8.12. The summed E-state index contributed by atoms with van der Waals surface area (Å²) in [4.78, 5) is 16.7. The number of nitrogens with one attached hydrogen (secondary N) is 1. The van der Waals surface area contributed by atoms with Crippen molar-refractivity contribution in [2.24, 2.45) is 0 Å². The van der Waals surface area contributed by atoms with E-state index < -0.39 is 5.60 Å². The van der Waals surface area contributed by atoms with Gasteiger partial charge in [-0.1, -0.05) is 12.1 Å². The summed E-state index contributed by atoms with van der Waals surface area (Å²) < 4.78 is 5.37. The molecule has 0 aliphatic heterocycles. The number of carbonyl (C=O) groups excluding carboxylic acids is 1. The van der Waals surface area contributed by atoms with Crippen LogP contribution in [0.5, 0.6) is 0 Å². The van der Waals surface area contributed by atoms with E-state index in [-0.39, 0.29) is 5.97 Å². The number of hydrogen-bond acceptors (Lipinski definition) is 6. The fraction of sp³-hybridized carbons (Fsp3) is 0.300. The Morgan fingerprint density at radius 2 is 1.88 bits per heavy atom. The summed E-state index contributed by atoms with van der Waals surface area (Å²) in [5, 5.41) is 10.7. The van der Waals surface area contributed by atoms with Gasteiger partial charge in [-0.3, -0.25) is 0 Å². The first-order valence-electron chi connectivity index (χ1n) is 8.41. The summed E-state index contributed by atoms with van der Waals surface area (Å²) in [6.07, 6.45) is 0. The van der Waals surface area contributed by atoms with E-state index in [0.717, 1.165) is 22.8 Å². The highest BCUT2D eigenvalue weighted by molar-refractivity contribution is 7.14. The zero-order chi connectivity index (χ0) is 18.6. The molecule has 0 saturated heterocycles. The average molecular weight is 387 g/mol. The van der Waals surface area contributed by atoms with Gasteiger partial charge in [-0.15, -0.1) is 11.3 Å². The molecule has 0 saturated carbocycles. The lowest BCUT2D eigenvalue weighted by molar-refractivity contribution is 0.00695. The Balaban J connectivity index is 1.50. The van der Waals surface area contributed by atoms with E-state index in [0.29, 0.717) is 12.1 Å². The Hall–Kier alpha value is -2.02. The number of benzene rings is 1. The lowest BCUT2D eigenvalue weighted by atomic mass is 10.1. The van der Waals surface area contributed by atoms with Gasteiger partial charge in [0.25, 0.3) is 0 Å². The minimum atomic E-state index is -0.479. The molecule has 0 spiro atoms. The Morgan fingerprint density at radius 1 is 1.12 bits per heavy atom. The molecule has 26 heavy (non-hydrogen) atoms. The van der Waals surface area contributed by atoms with Crippen LogP contribution in [0.4, 0.5) is 0 Å². The molecule has 6 heteroatoms. The number of thiophene rings is 1. The number of aromatic nitrogens is 1. The number of thiazole rings is 1. The lowest BCUT2D eigenvalue weighted by Crippen LogP contribution is -2.23. The minimum absolute atomic E-state index is 0.291. The smallest absolute Gasteiger partial charge is 0.338 e. The van der Waals surface area contributed by atoms with Gasteiger partial charge in [0, 0.05) is 29.4 Å². The molecule has 0 unspecified atom stereocenters. The molecule has 3 aromatic rings. The SMILES string of the molecule is CC(C)(C)OC(=O)c1ccc(CNCc2csc(-c3ccsc3)n2)cc1. The van der Waals surface area contributed by atoms with Gasteiger partial charge < -0.3 is 10.1 Å². The van der Waals surface area contributed by atoms with Crippen molar-refractivity contribution in [1.82, 2.24) is 10.3 Å². The Bertz CT molecular complexity index is 847. The number of esters is 1. The Morgan fingerprint density at radius 3 is 2.54 bits per heavy atom. The summed E-state index contributed by atoms with van der Waals surface area (Å²) in [6.45, 7) is 7.04. The molecule has 0 aliphatic rings. The maximum Gasteiger partial charge on any atom is 0.338 e. The quantitative estimate of drug-likeness (QED) is 0.598. The van der Waals surface area contributed by atoms with Crippen molar-refractivity contribution in [2.75, 3.05) is 0 Å². The monoisotopic (exact) mass is 386 g/mol. The minimum Gasteiger partial charge on any atom is -0.456 e. The fourth-order valence-electron chi connectivity index (χ4n) is 2.34. The average Bonchev–Trinajstić information content (AvgIpc) is 3.25. The van der Waals surface area contributed by atoms with Gasteiger partial charge in [-0.05, 0) is 49.9 Å². The van der Waals surface area contributed by atoms with Crippen molar-refractivity contribution in [3.8, 4) is 10.6 Å². The van der Waals surface area contributed by atoms with E-state index in [2.05, 4.69) is 32.5 Å². The largest absolute Gasteiger partial charge is 0.456 e. The van der Waals surface area contributed by atoms with Crippen LogP contribution in [-0.2, 0) is 17.8 Å². The normalized spacial score (nSPS) is 11.5. The van der Waals surface area contributed by atoms with Crippen LogP contribution in [0.15, 0.2) is 46.5 Å². The van der Waals surface area contributed by atoms with Crippen molar-refractivity contribution in [3.05, 3.63) is 63.3 Å². The highest BCUT2D eigenvalue weighted by Crippen LogP contribution is 2.25. The molecule has 2 heterocycles. The maximum absolute atomic E-state index is 12.0. The standard InChI is InChI=1S/C20H22N2O2S2/c1-20(2,3)24-19(23)15-6-4-14(5-7-15)10-21-11-17-13-26-18(22-17)16-8-9-25-12-16/h4-9,12-13,21H,10-11H2,1-3H3. The van der Waals surface area contributed by atoms with Gasteiger partial charge >= 0.3 is 5.97 Å². The van der Waals surface area contributed by atoms with Gasteiger partial charge in [0.2, 0.25) is 0 Å². The molecule has 2 aromatic heterocycles. The van der Waals surface area contributed by atoms with Crippen LogP contribution in [0.3, 0.4) is 0 Å². The van der Waals surface area contributed by atoms with Crippen LogP contribution in [0.1, 0.15) is 42.4 Å². The topological polar surface area (TPSA) is 51.2 Å². The highest BCUT2D eigenvalue weighted by Gasteiger charge is 2.17. The third kappa shape index (κ3) is 5.24. The molecule has 1 aromatic carbocycles. The number of rotatable bonds is 6. The summed E-state index contributed by atoms with van der Waals surface area (Å²) in [5.41, 5.74) is 3.44. The van der Waals surface area contributed by atoms with Crippen LogP contribution in [0.2, 0.25) is 0 Å². The number of ether oxygens (including phenoxy) is 1. The second-order valence-corrected chi connectivity index (χ2v) is 8.60. The van der Waals surface area contributed by atoms with Crippen LogP contribution >= 0.6 is 22.7 Å². The molecule has 4 nitrogen and oxygen atoms in total. The second-order valence-electron chi connectivity index (χ2n) is 6.96. The van der Waals surface area contributed by atoms with E-state index in [1.54, 1.807) is 22.7 Å². The van der Waals surface area contributed by atoms with Gasteiger partial charge in [0.15, 0.2) is 0 Å². The first-order valence-corrected chi connectivity index (χ1v) is 10.2. The highest BCUT2D eigenvalue weighted by atomic mass is 32.1. The summed E-state index contributed by atoms with van der Waals surface area (Å²) in [6, 6.07) is 9.60. The number of carbonyl (C=O) groups is 1. The molecular formula is C20H22N2O2S2. The third-order valence-electron chi connectivity index (χ3n) is 3.54. The van der Waals surface area contributed by atoms with Gasteiger partial charge in [0.1, 0.15) is 10.6 Å². The maximum atomic E-state index is 12.0. The molecule has 0 amide bonds. The van der Waals surface area contributed by atoms with Crippen molar-refractivity contribution < 1.29 is 9.53 Å². The van der Waals surface area contributed by atoms with E-state index in [9.17, 15) is 4.79 Å². The lowest BCUT2D eigenvalue weighted by Gasteiger charge is -2.19. The molecule has 3 rings (SSSR count). The van der Waals surface area contributed by atoms with E-state index in [1.807, 2.05) is 45.0 Å². The molecule has 0 fully saturated rings. The fourth-order valence-corrected chi connectivity index (χ4v) is 3.87. The molecule has 136 valence electrons. The summed E-state index contributed by atoms with van der Waals surface area (Å²) >= 11 is 3.35. The Labute approximate surface area is 161 Å². The molecular weight excluding hydrogens is 364 g/mol. The number of hydrogen-bond donors (Lipinski definition) is 1. The first-order chi connectivity index (χ1) is 12.4. The predicted octanol–water partition coefficient (Wildman–Crippen LogP) is 5.12. The van der Waals surface area contributed by atoms with Crippen molar-refractivity contribution >= 4 is 28.6 Å². The zero-order valence-corrected chi connectivity index (χ0v) is 16.7. The molecule has 0 bridgehead atoms. The van der Waals surface area contributed by atoms with E-state index in [1.165, 1.54) is 5.56 Å². The molecule has 0 aliphatic carbocycles. The van der Waals surface area contributed by atoms with Crippen molar-refractivity contribution in [2.45, 2.75) is 39.5 Å². The predicted molar refractivity (Wildman–Crippen MR) is 108 cm³/mol. The van der Waals surface area contributed by atoms with Crippen LogP contribution in [-0.4, -0.2) is 16.6 Å². The molecule has 0 radical (unpaired) electrons. The van der Waals surface area contributed by atoms with E-state index >= 15 is 0 Å². The van der Waals surface area contributed by atoms with Crippen LogP contribution in [0, 0.1) is 0 Å². The zero-order valence-electron chi connectivity index (χ0n) is 15.1. The van der Waals surface area contributed by atoms with Gasteiger partial charge in [0.05, 0.1) is 11.3 Å². The van der Waals surface area contributed by atoms with Gasteiger partial charge in [-0.25, -0.2) is 9.78 Å². The molecule has 1 N–H and O–H groups in total. The Kier molecular flexibility index (Phi) is 5.86. The van der Waals surface area contributed by atoms with Crippen LogP contribution in [0.25, 0.3) is 10.6 Å². The summed E-state index contributed by atoms with van der Waals surface area (Å²) in [7, 11) is 0. The van der Waals surface area contributed by atoms with Crippen molar-refractivity contribution in [3.63, 3.8) is 0 Å². The van der Waals surface area contributed by atoms with Crippen LogP contribution < -0.4 is 5.32 Å². The third-order valence-corrected chi connectivity index (χ3v) is 5.17. The molecule has 0 atom stereocenters. The van der Waals surface area contributed by atoms with Crippen molar-refractivity contribution in [1.29, 1.82) is 0 Å². The summed E-state index contributed by atoms with van der Waals surface area (Å²) in [5.74, 6) is -0.291. The van der Waals surface area contributed by atoms with Gasteiger partial charge in [-0.2, -0.15) is 11.3 Å². The van der Waals surface area contributed by atoms with E-state index in [4.69, 9.17) is 4.74 Å².